The van der Waals surface area contributed by atoms with E-state index in [-0.39, 0.29) is 16.9 Å². The standard InChI is InChI=1S/C16H20FN3O2S/c1-12-11-23-16(21)20(12)10-9-19-7-4-13(5-8-19)22-15-14(17)3-2-6-18-15/h2-3,6,11,13H,4-5,7-10H2,1H3. The van der Waals surface area contributed by atoms with Crippen molar-refractivity contribution >= 4 is 11.3 Å². The predicted molar refractivity (Wildman–Crippen MR) is 87.6 cm³/mol. The summed E-state index contributed by atoms with van der Waals surface area (Å²) in [7, 11) is 0. The first-order valence-electron chi connectivity index (χ1n) is 7.78. The molecule has 124 valence electrons. The molecule has 2 aromatic rings. The number of hydrogen-bond donors (Lipinski definition) is 0. The maximum atomic E-state index is 13.5. The van der Waals surface area contributed by atoms with Gasteiger partial charge in [0.15, 0.2) is 5.82 Å². The van der Waals surface area contributed by atoms with Gasteiger partial charge in [-0.1, -0.05) is 11.3 Å². The molecule has 0 saturated carbocycles. The van der Waals surface area contributed by atoms with Crippen LogP contribution in [0.15, 0.2) is 28.5 Å². The molecule has 3 rings (SSSR count). The molecule has 0 amide bonds. The Labute approximate surface area is 138 Å². The highest BCUT2D eigenvalue weighted by Crippen LogP contribution is 2.19. The van der Waals surface area contributed by atoms with Crippen molar-refractivity contribution in [3.05, 3.63) is 44.9 Å². The fourth-order valence-corrected chi connectivity index (χ4v) is 3.54. The van der Waals surface area contributed by atoms with E-state index in [1.54, 1.807) is 6.07 Å². The second kappa shape index (κ2) is 7.23. The summed E-state index contributed by atoms with van der Waals surface area (Å²) in [5.74, 6) is -0.325. The lowest BCUT2D eigenvalue weighted by Gasteiger charge is -2.31. The molecule has 1 aliphatic rings. The zero-order valence-corrected chi connectivity index (χ0v) is 13.9. The highest BCUT2D eigenvalue weighted by atomic mass is 32.1. The smallest absolute Gasteiger partial charge is 0.307 e. The van der Waals surface area contributed by atoms with Crippen LogP contribution in [-0.2, 0) is 6.54 Å². The lowest BCUT2D eigenvalue weighted by atomic mass is 10.1. The Bertz CT molecular complexity index is 707. The Morgan fingerprint density at radius 1 is 1.39 bits per heavy atom. The lowest BCUT2D eigenvalue weighted by molar-refractivity contribution is 0.0911. The van der Waals surface area contributed by atoms with Crippen LogP contribution >= 0.6 is 11.3 Å². The van der Waals surface area contributed by atoms with E-state index in [9.17, 15) is 9.18 Å². The summed E-state index contributed by atoms with van der Waals surface area (Å²) < 4.78 is 21.0. The van der Waals surface area contributed by atoms with Crippen molar-refractivity contribution in [2.75, 3.05) is 19.6 Å². The third-order valence-electron chi connectivity index (χ3n) is 4.15. The summed E-state index contributed by atoms with van der Waals surface area (Å²) in [5.41, 5.74) is 1.02. The number of likely N-dealkylation sites (tertiary alicyclic amines) is 1. The number of piperidine rings is 1. The predicted octanol–water partition coefficient (Wildman–Crippen LogP) is 2.30. The van der Waals surface area contributed by atoms with Crippen molar-refractivity contribution in [3.8, 4) is 5.88 Å². The Morgan fingerprint density at radius 3 is 2.83 bits per heavy atom. The van der Waals surface area contributed by atoms with E-state index in [2.05, 4.69) is 9.88 Å². The summed E-state index contributed by atoms with van der Waals surface area (Å²) in [6, 6.07) is 2.91. The maximum Gasteiger partial charge on any atom is 0.307 e. The maximum absolute atomic E-state index is 13.5. The van der Waals surface area contributed by atoms with Crippen LogP contribution in [0.3, 0.4) is 0 Å². The quantitative estimate of drug-likeness (QED) is 0.840. The minimum Gasteiger partial charge on any atom is -0.472 e. The highest BCUT2D eigenvalue weighted by Gasteiger charge is 2.22. The van der Waals surface area contributed by atoms with Gasteiger partial charge in [0.05, 0.1) is 0 Å². The van der Waals surface area contributed by atoms with Gasteiger partial charge in [-0.3, -0.25) is 4.79 Å². The fourth-order valence-electron chi connectivity index (χ4n) is 2.78. The molecule has 0 spiro atoms. The van der Waals surface area contributed by atoms with E-state index in [0.717, 1.165) is 38.2 Å². The molecular formula is C16H20FN3O2S. The zero-order valence-electron chi connectivity index (χ0n) is 13.1. The van der Waals surface area contributed by atoms with Gasteiger partial charge in [0.2, 0.25) is 0 Å². The van der Waals surface area contributed by atoms with Crippen molar-refractivity contribution in [2.45, 2.75) is 32.4 Å². The molecule has 0 unspecified atom stereocenters. The number of aromatic nitrogens is 2. The molecule has 0 aromatic carbocycles. The third-order valence-corrected chi connectivity index (χ3v) is 5.03. The number of pyridine rings is 1. The van der Waals surface area contributed by atoms with Gasteiger partial charge in [-0.15, -0.1) is 0 Å². The number of ether oxygens (including phenoxy) is 1. The molecule has 7 heteroatoms. The van der Waals surface area contributed by atoms with Crippen LogP contribution < -0.4 is 9.61 Å². The van der Waals surface area contributed by atoms with Crippen LogP contribution in [0.5, 0.6) is 5.88 Å². The number of aryl methyl sites for hydroxylation is 1. The van der Waals surface area contributed by atoms with Gasteiger partial charge in [0.25, 0.3) is 5.88 Å². The van der Waals surface area contributed by atoms with Gasteiger partial charge in [-0.2, -0.15) is 0 Å². The minimum atomic E-state index is -0.415. The van der Waals surface area contributed by atoms with Gasteiger partial charge < -0.3 is 14.2 Å². The molecule has 1 saturated heterocycles. The Morgan fingerprint density at radius 2 is 2.17 bits per heavy atom. The van der Waals surface area contributed by atoms with Crippen molar-refractivity contribution in [2.24, 2.45) is 0 Å². The summed E-state index contributed by atoms with van der Waals surface area (Å²) in [4.78, 5) is 18.1. The summed E-state index contributed by atoms with van der Waals surface area (Å²) in [5, 5.41) is 1.89. The Hall–Kier alpha value is -1.73. The largest absolute Gasteiger partial charge is 0.472 e. The monoisotopic (exact) mass is 337 g/mol. The van der Waals surface area contributed by atoms with Gasteiger partial charge in [-0.25, -0.2) is 9.37 Å². The van der Waals surface area contributed by atoms with E-state index in [1.807, 2.05) is 16.9 Å². The van der Waals surface area contributed by atoms with E-state index >= 15 is 0 Å². The van der Waals surface area contributed by atoms with Crippen LogP contribution in [0.4, 0.5) is 4.39 Å². The van der Waals surface area contributed by atoms with Crippen LogP contribution in [0.2, 0.25) is 0 Å². The Balaban J connectivity index is 1.47. The zero-order chi connectivity index (χ0) is 16.2. The first-order chi connectivity index (χ1) is 11.1. The van der Waals surface area contributed by atoms with Crippen LogP contribution in [0.25, 0.3) is 0 Å². The van der Waals surface area contributed by atoms with Gasteiger partial charge in [-0.05, 0) is 31.9 Å². The molecule has 2 aromatic heterocycles. The summed E-state index contributed by atoms with van der Waals surface area (Å²) in [6.45, 7) is 5.30. The molecule has 3 heterocycles. The van der Waals surface area contributed by atoms with Crippen molar-refractivity contribution in [3.63, 3.8) is 0 Å². The van der Waals surface area contributed by atoms with Gasteiger partial charge in [0, 0.05) is 43.4 Å². The number of halogens is 1. The molecule has 1 aliphatic heterocycles. The van der Waals surface area contributed by atoms with Gasteiger partial charge in [0.1, 0.15) is 6.10 Å². The first-order valence-corrected chi connectivity index (χ1v) is 8.66. The molecule has 5 nitrogen and oxygen atoms in total. The number of hydrogen-bond acceptors (Lipinski definition) is 5. The summed E-state index contributed by atoms with van der Waals surface area (Å²) >= 11 is 1.25. The van der Waals surface area contributed by atoms with Crippen molar-refractivity contribution in [1.82, 2.24) is 14.5 Å². The first kappa shape index (κ1) is 16.1. The van der Waals surface area contributed by atoms with E-state index in [4.69, 9.17) is 4.74 Å². The molecule has 23 heavy (non-hydrogen) atoms. The molecule has 0 N–H and O–H groups in total. The van der Waals surface area contributed by atoms with Crippen LogP contribution in [-0.4, -0.2) is 40.2 Å². The van der Waals surface area contributed by atoms with E-state index in [0.29, 0.717) is 6.54 Å². The van der Waals surface area contributed by atoms with E-state index in [1.165, 1.54) is 23.6 Å². The normalized spacial score (nSPS) is 16.6. The molecule has 0 atom stereocenters. The molecule has 0 bridgehead atoms. The summed E-state index contributed by atoms with van der Waals surface area (Å²) in [6.07, 6.45) is 3.22. The highest BCUT2D eigenvalue weighted by molar-refractivity contribution is 7.07. The van der Waals surface area contributed by atoms with Crippen molar-refractivity contribution < 1.29 is 9.13 Å². The SMILES string of the molecule is Cc1csc(=O)n1CCN1CCC(Oc2ncccc2F)CC1. The second-order valence-electron chi connectivity index (χ2n) is 5.74. The van der Waals surface area contributed by atoms with Crippen LogP contribution in [0, 0.1) is 12.7 Å². The van der Waals surface area contributed by atoms with Crippen LogP contribution in [0.1, 0.15) is 18.5 Å². The van der Waals surface area contributed by atoms with Gasteiger partial charge >= 0.3 is 4.87 Å². The average molecular weight is 337 g/mol. The fraction of sp³-hybridized carbons (Fsp3) is 0.500. The second-order valence-corrected chi connectivity index (χ2v) is 6.56. The van der Waals surface area contributed by atoms with Crippen molar-refractivity contribution in [1.29, 1.82) is 0 Å². The molecular weight excluding hydrogens is 317 g/mol. The third kappa shape index (κ3) is 3.97. The minimum absolute atomic E-state index is 0.00116. The molecule has 0 radical (unpaired) electrons. The number of nitrogens with zero attached hydrogens (tertiary/aromatic N) is 3. The average Bonchev–Trinajstić information content (AvgIpc) is 2.88. The van der Waals surface area contributed by atoms with E-state index < -0.39 is 5.82 Å². The lowest BCUT2D eigenvalue weighted by Crippen LogP contribution is -2.40. The Kier molecular flexibility index (Phi) is 5.07. The molecule has 1 fully saturated rings. The number of rotatable bonds is 5. The number of thiazole rings is 1. The molecule has 0 aliphatic carbocycles. The topological polar surface area (TPSA) is 47.4 Å².